The topological polar surface area (TPSA) is 133 Å². The fourth-order valence-electron chi connectivity index (χ4n) is 3.07. The van der Waals surface area contributed by atoms with Gasteiger partial charge in [-0.25, -0.2) is 4.79 Å². The zero-order valence-corrected chi connectivity index (χ0v) is 15.5. The van der Waals surface area contributed by atoms with E-state index in [1.165, 1.54) is 0 Å². The van der Waals surface area contributed by atoms with Crippen LogP contribution in [0, 0.1) is 0 Å². The van der Waals surface area contributed by atoms with E-state index in [1.54, 1.807) is 31.2 Å². The van der Waals surface area contributed by atoms with Gasteiger partial charge in [-0.15, -0.1) is 0 Å². The van der Waals surface area contributed by atoms with Crippen LogP contribution in [0.2, 0.25) is 0 Å². The number of benzene rings is 1. The summed E-state index contributed by atoms with van der Waals surface area (Å²) in [4.78, 5) is 37.0. The quantitative estimate of drug-likeness (QED) is 0.555. The fourth-order valence-corrected chi connectivity index (χ4v) is 3.35. The molecule has 0 bridgehead atoms. The minimum atomic E-state index is -1.25. The molecule has 3 rings (SSSR count). The number of β-lactam (4-membered cyclic amide) rings is 1. The molecular weight excluding hydrogens is 374 g/mol. The number of rotatable bonds is 4. The Balaban J connectivity index is 0.000000817. The molecule has 1 fully saturated rings. The zero-order chi connectivity index (χ0) is 20.1. The van der Waals surface area contributed by atoms with Crippen LogP contribution >= 0.6 is 11.6 Å². The third-order valence-corrected chi connectivity index (χ3v) is 4.69. The molecule has 5 N–H and O–H groups in total. The number of hydrogen-bond acceptors (Lipinski definition) is 5. The molecule has 0 spiro atoms. The summed E-state index contributed by atoms with van der Waals surface area (Å²) in [5.74, 6) is -2.20. The van der Waals surface area contributed by atoms with Crippen molar-refractivity contribution < 1.29 is 24.6 Å². The van der Waals surface area contributed by atoms with E-state index in [4.69, 9.17) is 22.4 Å². The van der Waals surface area contributed by atoms with Crippen molar-refractivity contribution in [3.63, 3.8) is 0 Å². The van der Waals surface area contributed by atoms with Gasteiger partial charge < -0.3 is 21.3 Å². The van der Waals surface area contributed by atoms with Crippen molar-refractivity contribution in [3.05, 3.63) is 46.6 Å². The number of hydrogen-bond donors (Lipinski definition) is 4. The van der Waals surface area contributed by atoms with Crippen molar-refractivity contribution in [2.24, 2.45) is 5.73 Å². The van der Waals surface area contributed by atoms with E-state index in [1.807, 2.05) is 6.07 Å². The Morgan fingerprint density at radius 1 is 1.37 bits per heavy atom. The Morgan fingerprint density at radius 3 is 2.52 bits per heavy atom. The molecule has 2 aliphatic heterocycles. The van der Waals surface area contributed by atoms with E-state index in [-0.39, 0.29) is 17.3 Å². The van der Waals surface area contributed by atoms with Crippen molar-refractivity contribution in [3.8, 4) is 0 Å². The van der Waals surface area contributed by atoms with Crippen LogP contribution < -0.4 is 11.1 Å². The van der Waals surface area contributed by atoms with Crippen LogP contribution in [0.25, 0.3) is 0 Å². The smallest absolute Gasteiger partial charge is 0.353 e. The monoisotopic (exact) mass is 395 g/mol. The second-order valence-corrected chi connectivity index (χ2v) is 6.52. The van der Waals surface area contributed by atoms with Gasteiger partial charge in [-0.1, -0.05) is 41.9 Å². The van der Waals surface area contributed by atoms with Crippen LogP contribution in [-0.4, -0.2) is 51.6 Å². The SMILES string of the molecule is CCO.N[C@@H](C(=O)N[C@@H]1C(=O)N2C(C(=O)O)=C(Cl)CC[C@H]12)c1ccccc1. The number of amides is 2. The van der Waals surface area contributed by atoms with Crippen LogP contribution in [0.3, 0.4) is 0 Å². The zero-order valence-electron chi connectivity index (χ0n) is 14.8. The summed E-state index contributed by atoms with van der Waals surface area (Å²) < 4.78 is 0. The minimum absolute atomic E-state index is 0.151. The van der Waals surface area contributed by atoms with Crippen molar-refractivity contribution >= 4 is 29.4 Å². The molecule has 9 heteroatoms. The predicted octanol–water partition coefficient (Wildman–Crippen LogP) is 0.709. The van der Waals surface area contributed by atoms with Crippen LogP contribution in [0.15, 0.2) is 41.1 Å². The first-order valence-corrected chi connectivity index (χ1v) is 8.88. The number of aliphatic carboxylic acids is 1. The summed E-state index contributed by atoms with van der Waals surface area (Å²) in [5.41, 5.74) is 6.35. The second-order valence-electron chi connectivity index (χ2n) is 6.06. The van der Waals surface area contributed by atoms with Crippen molar-refractivity contribution in [2.75, 3.05) is 6.61 Å². The molecule has 3 atom stereocenters. The molecule has 0 radical (unpaired) electrons. The Hall–Kier alpha value is -2.42. The molecule has 0 aromatic heterocycles. The predicted molar refractivity (Wildman–Crippen MR) is 98.4 cm³/mol. The van der Waals surface area contributed by atoms with Crippen LogP contribution in [0.1, 0.15) is 31.4 Å². The van der Waals surface area contributed by atoms with Gasteiger partial charge in [0.1, 0.15) is 17.8 Å². The molecule has 1 aromatic carbocycles. The molecule has 0 aliphatic carbocycles. The normalized spacial score (nSPS) is 22.1. The lowest BCUT2D eigenvalue weighted by Crippen LogP contribution is -2.72. The lowest BCUT2D eigenvalue weighted by molar-refractivity contribution is -0.156. The number of carboxylic acids is 1. The highest BCUT2D eigenvalue weighted by Crippen LogP contribution is 2.38. The summed E-state index contributed by atoms with van der Waals surface area (Å²) in [6.07, 6.45) is 0.849. The van der Waals surface area contributed by atoms with Gasteiger partial charge >= 0.3 is 5.97 Å². The number of allylic oxidation sites excluding steroid dienone is 1. The number of aliphatic hydroxyl groups excluding tert-OH is 1. The number of nitrogens with two attached hydrogens (primary N) is 1. The standard InChI is InChI=1S/C16H16ClN3O4.C2H6O/c17-9-6-7-10-12(15(22)20(10)13(9)16(23)24)19-14(21)11(18)8-4-2-1-3-5-8;1-2-3/h1-5,10-12H,6-7,18H2,(H,19,21)(H,23,24);3H,2H2,1H3/t10-,11-,12+;/m1./s1. The van der Waals surface area contributed by atoms with Gasteiger partial charge in [-0.2, -0.15) is 0 Å². The first-order chi connectivity index (χ1) is 12.8. The Labute approximate surface area is 161 Å². The molecule has 2 aliphatic rings. The molecule has 0 saturated carbocycles. The van der Waals surface area contributed by atoms with Crippen LogP contribution in [0.4, 0.5) is 0 Å². The Bertz CT molecular complexity index is 753. The number of halogens is 1. The van der Waals surface area contributed by atoms with E-state index in [9.17, 15) is 19.5 Å². The Morgan fingerprint density at radius 2 is 1.96 bits per heavy atom. The summed E-state index contributed by atoms with van der Waals surface area (Å²) in [5, 5.41) is 19.6. The fraction of sp³-hybridized carbons (Fsp3) is 0.389. The van der Waals surface area contributed by atoms with Crippen molar-refractivity contribution in [1.82, 2.24) is 10.2 Å². The minimum Gasteiger partial charge on any atom is -0.477 e. The molecule has 1 aromatic rings. The summed E-state index contributed by atoms with van der Waals surface area (Å²) in [7, 11) is 0. The molecule has 2 heterocycles. The van der Waals surface area contributed by atoms with Gasteiger partial charge in [-0.05, 0) is 25.3 Å². The average Bonchev–Trinajstić information content (AvgIpc) is 2.66. The van der Waals surface area contributed by atoms with Gasteiger partial charge in [0, 0.05) is 11.6 Å². The molecular formula is C18H22ClN3O5. The van der Waals surface area contributed by atoms with Gasteiger partial charge in [0.2, 0.25) is 5.91 Å². The molecule has 1 saturated heterocycles. The number of aliphatic hydroxyl groups is 1. The second kappa shape index (κ2) is 8.98. The summed E-state index contributed by atoms with van der Waals surface area (Å²) in [6.45, 7) is 1.93. The van der Waals surface area contributed by atoms with Crippen LogP contribution in [-0.2, 0) is 14.4 Å². The summed E-state index contributed by atoms with van der Waals surface area (Å²) >= 11 is 5.92. The number of carboxylic acid groups (broad SMARTS) is 1. The van der Waals surface area contributed by atoms with Crippen molar-refractivity contribution in [1.29, 1.82) is 0 Å². The van der Waals surface area contributed by atoms with Crippen LogP contribution in [0.5, 0.6) is 0 Å². The van der Waals surface area contributed by atoms with Gasteiger partial charge in [-0.3, -0.25) is 14.5 Å². The maximum atomic E-state index is 12.3. The van der Waals surface area contributed by atoms with Crippen molar-refractivity contribution in [2.45, 2.75) is 37.9 Å². The third kappa shape index (κ3) is 4.29. The van der Waals surface area contributed by atoms with Gasteiger partial charge in [0.25, 0.3) is 5.91 Å². The number of carbonyl (C=O) groups excluding carboxylic acids is 2. The number of carbonyl (C=O) groups is 3. The van der Waals surface area contributed by atoms with E-state index in [0.717, 1.165) is 4.90 Å². The highest BCUT2D eigenvalue weighted by Gasteiger charge is 2.53. The Kier molecular flexibility index (Phi) is 6.95. The average molecular weight is 396 g/mol. The summed E-state index contributed by atoms with van der Waals surface area (Å²) in [6, 6.07) is 6.74. The van der Waals surface area contributed by atoms with E-state index in [2.05, 4.69) is 5.32 Å². The first kappa shape index (κ1) is 20.9. The largest absolute Gasteiger partial charge is 0.477 e. The third-order valence-electron chi connectivity index (χ3n) is 4.32. The maximum Gasteiger partial charge on any atom is 0.353 e. The lowest BCUT2D eigenvalue weighted by atomic mass is 9.86. The molecule has 27 heavy (non-hydrogen) atoms. The maximum absolute atomic E-state index is 12.3. The molecule has 8 nitrogen and oxygen atoms in total. The lowest BCUT2D eigenvalue weighted by Gasteiger charge is -2.49. The molecule has 0 unspecified atom stereocenters. The first-order valence-electron chi connectivity index (χ1n) is 8.50. The highest BCUT2D eigenvalue weighted by molar-refractivity contribution is 6.32. The van der Waals surface area contributed by atoms with Gasteiger partial charge in [0.05, 0.1) is 6.04 Å². The van der Waals surface area contributed by atoms with E-state index < -0.39 is 35.9 Å². The number of fused-ring (bicyclic) bond motifs is 1. The molecule has 146 valence electrons. The number of nitrogens with one attached hydrogen (secondary N) is 1. The number of nitrogens with zero attached hydrogens (tertiary/aromatic N) is 1. The molecule has 2 amide bonds. The van der Waals surface area contributed by atoms with E-state index >= 15 is 0 Å². The van der Waals surface area contributed by atoms with E-state index in [0.29, 0.717) is 18.4 Å². The highest BCUT2D eigenvalue weighted by atomic mass is 35.5. The van der Waals surface area contributed by atoms with Gasteiger partial charge in [0.15, 0.2) is 0 Å².